The third-order valence-electron chi connectivity index (χ3n) is 4.26. The van der Waals surface area contributed by atoms with Crippen LogP contribution >= 0.6 is 0 Å². The van der Waals surface area contributed by atoms with Gasteiger partial charge in [-0.3, -0.25) is 4.79 Å². The van der Waals surface area contributed by atoms with E-state index >= 15 is 0 Å². The van der Waals surface area contributed by atoms with Crippen LogP contribution in [-0.4, -0.2) is 42.6 Å². The van der Waals surface area contributed by atoms with Crippen LogP contribution in [0.5, 0.6) is 0 Å². The molecule has 0 bridgehead atoms. The number of hydrogen-bond donors (Lipinski definition) is 1. The second-order valence-electron chi connectivity index (χ2n) is 5.89. The highest BCUT2D eigenvalue weighted by Crippen LogP contribution is 2.31. The predicted molar refractivity (Wildman–Crippen MR) is 71.1 cm³/mol. The van der Waals surface area contributed by atoms with Crippen molar-refractivity contribution >= 4 is 5.91 Å². The van der Waals surface area contributed by atoms with Crippen LogP contribution in [0.4, 0.5) is 0 Å². The second-order valence-corrected chi connectivity index (χ2v) is 5.89. The smallest absolute Gasteiger partial charge is 0.226 e. The van der Waals surface area contributed by atoms with Gasteiger partial charge in [-0.2, -0.15) is 0 Å². The third kappa shape index (κ3) is 3.04. The van der Waals surface area contributed by atoms with Crippen LogP contribution in [0.3, 0.4) is 0 Å². The first-order valence-corrected chi connectivity index (χ1v) is 7.26. The lowest BCUT2D eigenvalue weighted by Gasteiger charge is -2.39. The average Bonchev–Trinajstić information content (AvgIpc) is 2.36. The van der Waals surface area contributed by atoms with E-state index in [4.69, 9.17) is 10.5 Å². The molecule has 4 heteroatoms. The van der Waals surface area contributed by atoms with Crippen molar-refractivity contribution in [2.24, 2.45) is 17.6 Å². The molecule has 0 spiro atoms. The molecule has 0 aromatic rings. The van der Waals surface area contributed by atoms with E-state index in [1.807, 2.05) is 18.7 Å². The number of nitrogens with zero attached hydrogens (tertiary/aromatic N) is 1. The van der Waals surface area contributed by atoms with Crippen molar-refractivity contribution in [1.82, 2.24) is 4.90 Å². The molecular formula is C14H26N2O2. The van der Waals surface area contributed by atoms with Gasteiger partial charge in [-0.25, -0.2) is 0 Å². The zero-order chi connectivity index (χ0) is 13.1. The molecule has 1 saturated heterocycles. The van der Waals surface area contributed by atoms with Crippen molar-refractivity contribution in [3.63, 3.8) is 0 Å². The topological polar surface area (TPSA) is 55.6 Å². The lowest BCUT2D eigenvalue weighted by Crippen LogP contribution is -2.51. The largest absolute Gasteiger partial charge is 0.372 e. The Hall–Kier alpha value is -0.610. The first-order valence-electron chi connectivity index (χ1n) is 7.26. The van der Waals surface area contributed by atoms with Crippen molar-refractivity contribution < 1.29 is 9.53 Å². The van der Waals surface area contributed by atoms with Crippen LogP contribution < -0.4 is 5.73 Å². The maximum atomic E-state index is 12.6. The van der Waals surface area contributed by atoms with E-state index in [1.54, 1.807) is 0 Å². The fourth-order valence-corrected chi connectivity index (χ4v) is 3.41. The average molecular weight is 254 g/mol. The summed E-state index contributed by atoms with van der Waals surface area (Å²) < 4.78 is 5.69. The van der Waals surface area contributed by atoms with E-state index in [9.17, 15) is 4.79 Å². The lowest BCUT2D eigenvalue weighted by molar-refractivity contribution is -0.150. The summed E-state index contributed by atoms with van der Waals surface area (Å²) in [5.74, 6) is 0.855. The zero-order valence-electron chi connectivity index (χ0n) is 11.6. The Morgan fingerprint density at radius 1 is 1.22 bits per heavy atom. The first kappa shape index (κ1) is 13.8. The van der Waals surface area contributed by atoms with Crippen LogP contribution in [0.2, 0.25) is 0 Å². The summed E-state index contributed by atoms with van der Waals surface area (Å²) >= 11 is 0. The highest BCUT2D eigenvalue weighted by molar-refractivity contribution is 5.79. The van der Waals surface area contributed by atoms with Crippen LogP contribution in [-0.2, 0) is 9.53 Å². The molecule has 1 amide bonds. The lowest BCUT2D eigenvalue weighted by atomic mass is 9.78. The highest BCUT2D eigenvalue weighted by atomic mass is 16.5. The number of carbonyl (C=O) groups excluding carboxylic acids is 1. The Bertz CT molecular complexity index is 286. The van der Waals surface area contributed by atoms with Gasteiger partial charge in [0.2, 0.25) is 5.91 Å². The van der Waals surface area contributed by atoms with E-state index in [-0.39, 0.29) is 18.1 Å². The minimum absolute atomic E-state index is 0.151. The van der Waals surface area contributed by atoms with Crippen LogP contribution in [0.15, 0.2) is 0 Å². The third-order valence-corrected chi connectivity index (χ3v) is 4.26. The quantitative estimate of drug-likeness (QED) is 0.810. The minimum Gasteiger partial charge on any atom is -0.372 e. The van der Waals surface area contributed by atoms with Gasteiger partial charge in [-0.15, -0.1) is 0 Å². The molecule has 0 aromatic carbocycles. The number of hydrogen-bond acceptors (Lipinski definition) is 3. The Morgan fingerprint density at radius 2 is 1.83 bits per heavy atom. The maximum absolute atomic E-state index is 12.6. The summed E-state index contributed by atoms with van der Waals surface area (Å²) in [6.07, 6.45) is 4.82. The summed E-state index contributed by atoms with van der Waals surface area (Å²) in [5, 5.41) is 0. The van der Waals surface area contributed by atoms with Crippen molar-refractivity contribution in [2.75, 3.05) is 19.6 Å². The normalized spacial score (nSPS) is 37.6. The molecule has 1 saturated carbocycles. The van der Waals surface area contributed by atoms with Crippen LogP contribution in [0, 0.1) is 11.8 Å². The molecular weight excluding hydrogens is 228 g/mol. The van der Waals surface area contributed by atoms with E-state index in [0.29, 0.717) is 18.4 Å². The van der Waals surface area contributed by atoms with Gasteiger partial charge in [0.05, 0.1) is 12.2 Å². The molecule has 4 atom stereocenters. The zero-order valence-corrected chi connectivity index (χ0v) is 11.6. The number of ether oxygens (including phenoxy) is 1. The Kier molecular flexibility index (Phi) is 4.62. The van der Waals surface area contributed by atoms with Gasteiger partial charge < -0.3 is 15.4 Å². The van der Waals surface area contributed by atoms with Crippen molar-refractivity contribution in [3.05, 3.63) is 0 Å². The molecule has 0 aromatic heterocycles. The van der Waals surface area contributed by atoms with E-state index in [2.05, 4.69) is 0 Å². The van der Waals surface area contributed by atoms with Crippen molar-refractivity contribution in [3.8, 4) is 0 Å². The minimum atomic E-state index is 0.151. The molecule has 0 radical (unpaired) electrons. The van der Waals surface area contributed by atoms with Gasteiger partial charge >= 0.3 is 0 Å². The molecule has 2 fully saturated rings. The molecule has 2 N–H and O–H groups in total. The Balaban J connectivity index is 2.00. The van der Waals surface area contributed by atoms with Crippen molar-refractivity contribution in [1.29, 1.82) is 0 Å². The first-order chi connectivity index (χ1) is 8.61. The predicted octanol–water partition coefficient (Wildman–Crippen LogP) is 1.39. The molecule has 4 unspecified atom stereocenters. The molecule has 4 nitrogen and oxygen atoms in total. The molecule has 104 valence electrons. The SMILES string of the molecule is CC1CN(C(=O)C2CCCCC2CN)CC(C)O1. The number of carbonyl (C=O) groups is 1. The molecule has 2 aliphatic rings. The monoisotopic (exact) mass is 254 g/mol. The summed E-state index contributed by atoms with van der Waals surface area (Å²) in [4.78, 5) is 14.6. The molecule has 2 rings (SSSR count). The van der Waals surface area contributed by atoms with Gasteiger partial charge in [-0.1, -0.05) is 12.8 Å². The molecule has 1 aliphatic carbocycles. The van der Waals surface area contributed by atoms with Crippen LogP contribution in [0.1, 0.15) is 39.5 Å². The van der Waals surface area contributed by atoms with E-state index in [1.165, 1.54) is 12.8 Å². The van der Waals surface area contributed by atoms with Gasteiger partial charge in [0.25, 0.3) is 0 Å². The standard InChI is InChI=1S/C14H26N2O2/c1-10-8-16(9-11(2)18-10)14(17)13-6-4-3-5-12(13)7-15/h10-13H,3-9,15H2,1-2H3. The fraction of sp³-hybridized carbons (Fsp3) is 0.929. The molecule has 18 heavy (non-hydrogen) atoms. The van der Waals surface area contributed by atoms with Gasteiger partial charge in [0.15, 0.2) is 0 Å². The number of nitrogens with two attached hydrogens (primary N) is 1. The van der Waals surface area contributed by atoms with Gasteiger partial charge in [0, 0.05) is 19.0 Å². The van der Waals surface area contributed by atoms with Crippen LogP contribution in [0.25, 0.3) is 0 Å². The Morgan fingerprint density at radius 3 is 2.44 bits per heavy atom. The van der Waals surface area contributed by atoms with E-state index in [0.717, 1.165) is 25.9 Å². The molecule has 1 heterocycles. The summed E-state index contributed by atoms with van der Waals surface area (Å²) in [7, 11) is 0. The highest BCUT2D eigenvalue weighted by Gasteiger charge is 2.35. The summed E-state index contributed by atoms with van der Waals surface area (Å²) in [6, 6.07) is 0. The van der Waals surface area contributed by atoms with Crippen molar-refractivity contribution in [2.45, 2.75) is 51.7 Å². The number of amides is 1. The maximum Gasteiger partial charge on any atom is 0.226 e. The molecule has 1 aliphatic heterocycles. The number of rotatable bonds is 2. The summed E-state index contributed by atoms with van der Waals surface area (Å²) in [6.45, 7) is 6.19. The Labute approximate surface area is 110 Å². The van der Waals surface area contributed by atoms with Gasteiger partial charge in [0.1, 0.15) is 0 Å². The fourth-order valence-electron chi connectivity index (χ4n) is 3.41. The second kappa shape index (κ2) is 6.02. The van der Waals surface area contributed by atoms with Gasteiger partial charge in [-0.05, 0) is 39.2 Å². The number of morpholine rings is 1. The van der Waals surface area contributed by atoms with E-state index < -0.39 is 0 Å². The summed E-state index contributed by atoms with van der Waals surface area (Å²) in [5.41, 5.74) is 5.82.